The summed E-state index contributed by atoms with van der Waals surface area (Å²) >= 11 is 0. The number of benzene rings is 2. The SMILES string of the molecule is Cn1nc(C(=O)N/N=C2/CCc3ccccc3C2)c2ccccc2c1=O. The van der Waals surface area contributed by atoms with Gasteiger partial charge < -0.3 is 0 Å². The molecule has 2 aromatic carbocycles. The lowest BCUT2D eigenvalue weighted by atomic mass is 9.90. The Balaban J connectivity index is 1.61. The molecule has 1 N–H and O–H groups in total. The maximum atomic E-state index is 12.6. The molecule has 1 aromatic heterocycles. The second-order valence-corrected chi connectivity index (χ2v) is 6.39. The number of aryl methyl sites for hydroxylation is 2. The minimum atomic E-state index is -0.414. The molecule has 0 aliphatic heterocycles. The van der Waals surface area contributed by atoms with Crippen molar-refractivity contribution in [1.82, 2.24) is 15.2 Å². The van der Waals surface area contributed by atoms with Gasteiger partial charge in [0.05, 0.1) is 5.39 Å². The molecule has 0 saturated heterocycles. The van der Waals surface area contributed by atoms with Crippen molar-refractivity contribution in [3.8, 4) is 0 Å². The predicted octanol–water partition coefficient (Wildman–Crippen LogP) is 2.21. The molecule has 0 fully saturated rings. The van der Waals surface area contributed by atoms with E-state index in [2.05, 4.69) is 27.8 Å². The molecule has 0 atom stereocenters. The summed E-state index contributed by atoms with van der Waals surface area (Å²) in [6, 6.07) is 15.2. The number of nitrogens with zero attached hydrogens (tertiary/aromatic N) is 3. The van der Waals surface area contributed by atoms with Crippen LogP contribution in [0.2, 0.25) is 0 Å². The highest BCUT2D eigenvalue weighted by atomic mass is 16.2. The van der Waals surface area contributed by atoms with Crippen LogP contribution in [0.3, 0.4) is 0 Å². The third-order valence-corrected chi connectivity index (χ3v) is 4.68. The standard InChI is InChI=1S/C20H18N4O2/c1-24-20(26)17-9-5-4-8-16(17)18(23-24)19(25)22-21-15-11-10-13-6-2-3-7-14(13)12-15/h2-9H,10-12H2,1H3,(H,22,25)/b21-15-. The number of aromatic nitrogens is 2. The van der Waals surface area contributed by atoms with E-state index in [0.717, 1.165) is 25.0 Å². The average molecular weight is 346 g/mol. The number of carbonyl (C=O) groups excluding carboxylic acids is 1. The number of amides is 1. The van der Waals surface area contributed by atoms with Crippen LogP contribution in [0.25, 0.3) is 10.8 Å². The fourth-order valence-electron chi connectivity index (χ4n) is 3.31. The van der Waals surface area contributed by atoms with E-state index in [-0.39, 0.29) is 11.3 Å². The van der Waals surface area contributed by atoms with Crippen LogP contribution in [0.4, 0.5) is 0 Å². The van der Waals surface area contributed by atoms with Gasteiger partial charge in [0.15, 0.2) is 5.69 Å². The van der Waals surface area contributed by atoms with Crippen molar-refractivity contribution in [2.75, 3.05) is 0 Å². The van der Waals surface area contributed by atoms with Gasteiger partial charge in [-0.15, -0.1) is 0 Å². The summed E-state index contributed by atoms with van der Waals surface area (Å²) in [4.78, 5) is 24.8. The van der Waals surface area contributed by atoms with Gasteiger partial charge in [0.2, 0.25) is 0 Å². The molecule has 3 aromatic rings. The Kier molecular flexibility index (Phi) is 4.08. The van der Waals surface area contributed by atoms with Crippen LogP contribution in [-0.4, -0.2) is 21.4 Å². The fraction of sp³-hybridized carbons (Fsp3) is 0.200. The largest absolute Gasteiger partial charge is 0.292 e. The second-order valence-electron chi connectivity index (χ2n) is 6.39. The summed E-state index contributed by atoms with van der Waals surface area (Å²) in [5.41, 5.74) is 6.10. The van der Waals surface area contributed by atoms with Crippen molar-refractivity contribution < 1.29 is 4.79 Å². The summed E-state index contributed by atoms with van der Waals surface area (Å²) in [5, 5.41) is 9.43. The van der Waals surface area contributed by atoms with Crippen LogP contribution in [-0.2, 0) is 19.9 Å². The lowest BCUT2D eigenvalue weighted by molar-refractivity contribution is 0.0949. The van der Waals surface area contributed by atoms with E-state index in [1.165, 1.54) is 22.9 Å². The Morgan fingerprint density at radius 3 is 2.54 bits per heavy atom. The zero-order valence-electron chi connectivity index (χ0n) is 14.4. The van der Waals surface area contributed by atoms with Crippen LogP contribution < -0.4 is 11.0 Å². The second kappa shape index (κ2) is 6.55. The van der Waals surface area contributed by atoms with Crippen LogP contribution in [0.1, 0.15) is 28.0 Å². The first-order valence-corrected chi connectivity index (χ1v) is 8.52. The summed E-state index contributed by atoms with van der Waals surface area (Å²) in [6.45, 7) is 0. The third-order valence-electron chi connectivity index (χ3n) is 4.68. The maximum absolute atomic E-state index is 12.6. The van der Waals surface area contributed by atoms with Crippen molar-refractivity contribution in [3.63, 3.8) is 0 Å². The highest BCUT2D eigenvalue weighted by molar-refractivity contribution is 6.05. The molecule has 1 amide bonds. The fourth-order valence-corrected chi connectivity index (χ4v) is 3.31. The zero-order chi connectivity index (χ0) is 18.1. The van der Waals surface area contributed by atoms with E-state index in [9.17, 15) is 9.59 Å². The quantitative estimate of drug-likeness (QED) is 0.723. The van der Waals surface area contributed by atoms with Gasteiger partial charge in [-0.3, -0.25) is 9.59 Å². The van der Waals surface area contributed by atoms with Gasteiger partial charge in [0.1, 0.15) is 0 Å². The molecule has 1 aliphatic rings. The smallest absolute Gasteiger partial charge is 0.267 e. The van der Waals surface area contributed by atoms with Crippen LogP contribution >= 0.6 is 0 Å². The van der Waals surface area contributed by atoms with E-state index < -0.39 is 5.91 Å². The number of nitrogens with one attached hydrogen (secondary N) is 1. The molecule has 26 heavy (non-hydrogen) atoms. The van der Waals surface area contributed by atoms with Gasteiger partial charge in [-0.25, -0.2) is 10.1 Å². The van der Waals surface area contributed by atoms with Crippen molar-refractivity contribution in [1.29, 1.82) is 0 Å². The normalized spacial score (nSPS) is 15.0. The molecule has 6 nitrogen and oxygen atoms in total. The van der Waals surface area contributed by atoms with E-state index in [0.29, 0.717) is 10.8 Å². The molecular formula is C20H18N4O2. The van der Waals surface area contributed by atoms with Crippen LogP contribution in [0, 0.1) is 0 Å². The minimum absolute atomic E-state index is 0.197. The Bertz CT molecular complexity index is 1100. The molecule has 1 heterocycles. The number of rotatable bonds is 2. The van der Waals surface area contributed by atoms with Crippen LogP contribution in [0.15, 0.2) is 58.4 Å². The van der Waals surface area contributed by atoms with Crippen LogP contribution in [0.5, 0.6) is 0 Å². The summed E-state index contributed by atoms with van der Waals surface area (Å²) in [7, 11) is 1.54. The monoisotopic (exact) mass is 346 g/mol. The molecule has 0 spiro atoms. The summed E-state index contributed by atoms with van der Waals surface area (Å²) < 4.78 is 1.18. The zero-order valence-corrected chi connectivity index (χ0v) is 14.4. The molecule has 0 unspecified atom stereocenters. The average Bonchev–Trinajstić information content (AvgIpc) is 2.68. The van der Waals surface area contributed by atoms with Gasteiger partial charge in [0, 0.05) is 24.6 Å². The molecular weight excluding hydrogens is 328 g/mol. The highest BCUT2D eigenvalue weighted by Gasteiger charge is 2.17. The molecule has 0 saturated carbocycles. The van der Waals surface area contributed by atoms with E-state index in [4.69, 9.17) is 0 Å². The van der Waals surface area contributed by atoms with Gasteiger partial charge in [-0.2, -0.15) is 10.2 Å². The first kappa shape index (κ1) is 16.2. The lowest BCUT2D eigenvalue weighted by Gasteiger charge is -2.17. The van der Waals surface area contributed by atoms with E-state index >= 15 is 0 Å². The Labute approximate surface area is 150 Å². The number of fused-ring (bicyclic) bond motifs is 2. The van der Waals surface area contributed by atoms with Crippen molar-refractivity contribution >= 4 is 22.4 Å². The minimum Gasteiger partial charge on any atom is -0.267 e. The van der Waals surface area contributed by atoms with Crippen molar-refractivity contribution in [2.24, 2.45) is 12.1 Å². The van der Waals surface area contributed by atoms with Gasteiger partial charge in [-0.05, 0) is 30.0 Å². The molecule has 4 rings (SSSR count). The van der Waals surface area contributed by atoms with Gasteiger partial charge in [-0.1, -0.05) is 42.5 Å². The van der Waals surface area contributed by atoms with Gasteiger partial charge in [0.25, 0.3) is 11.5 Å². The maximum Gasteiger partial charge on any atom is 0.292 e. The Morgan fingerprint density at radius 2 is 1.73 bits per heavy atom. The van der Waals surface area contributed by atoms with E-state index in [1.807, 2.05) is 12.1 Å². The molecule has 130 valence electrons. The molecule has 0 bridgehead atoms. The third kappa shape index (κ3) is 2.90. The number of hydrazone groups is 1. The van der Waals surface area contributed by atoms with Crippen molar-refractivity contribution in [3.05, 3.63) is 75.7 Å². The summed E-state index contributed by atoms with van der Waals surface area (Å²) in [6.07, 6.45) is 2.47. The topological polar surface area (TPSA) is 76.3 Å². The van der Waals surface area contributed by atoms with Gasteiger partial charge >= 0.3 is 0 Å². The Hall–Kier alpha value is -3.28. The lowest BCUT2D eigenvalue weighted by Crippen LogP contribution is -2.28. The number of hydrogen-bond acceptors (Lipinski definition) is 4. The number of hydrogen-bond donors (Lipinski definition) is 1. The molecule has 1 aliphatic carbocycles. The first-order valence-electron chi connectivity index (χ1n) is 8.52. The first-order chi connectivity index (χ1) is 12.6. The summed E-state index contributed by atoms with van der Waals surface area (Å²) in [5.74, 6) is -0.414. The van der Waals surface area contributed by atoms with E-state index in [1.54, 1.807) is 24.3 Å². The number of carbonyl (C=O) groups is 1. The predicted molar refractivity (Wildman–Crippen MR) is 100 cm³/mol. The molecule has 0 radical (unpaired) electrons. The van der Waals surface area contributed by atoms with Crippen molar-refractivity contribution in [2.45, 2.75) is 19.3 Å². The Morgan fingerprint density at radius 1 is 1.04 bits per heavy atom. The highest BCUT2D eigenvalue weighted by Crippen LogP contribution is 2.19. The molecule has 6 heteroatoms.